The average molecular weight is 261 g/mol. The van der Waals surface area contributed by atoms with Gasteiger partial charge in [0.1, 0.15) is 0 Å². The number of terminal acetylenes is 2. The molecule has 0 aliphatic rings. The molecule has 0 saturated heterocycles. The lowest BCUT2D eigenvalue weighted by atomic mass is 9.92. The summed E-state index contributed by atoms with van der Waals surface area (Å²) in [7, 11) is 0. The van der Waals surface area contributed by atoms with Crippen LogP contribution in [-0.4, -0.2) is 0 Å². The van der Waals surface area contributed by atoms with E-state index in [4.69, 9.17) is 24.4 Å². The summed E-state index contributed by atoms with van der Waals surface area (Å²) in [6, 6.07) is 13.6. The molecule has 0 heterocycles. The highest BCUT2D eigenvalue weighted by Gasteiger charge is 2.11. The Morgan fingerprint density at radius 2 is 1.26 bits per heavy atom. The third-order valence-electron chi connectivity index (χ3n) is 3.27. The van der Waals surface area contributed by atoms with Crippen molar-refractivity contribution in [1.82, 2.24) is 0 Å². The number of fused-ring (bicyclic) bond motifs is 2. The first kappa shape index (κ1) is 11.7. The number of halogens is 1. The van der Waals surface area contributed by atoms with Gasteiger partial charge in [0.25, 0.3) is 0 Å². The molecule has 0 nitrogen and oxygen atoms in total. The Morgan fingerprint density at radius 1 is 0.737 bits per heavy atom. The lowest BCUT2D eigenvalue weighted by Crippen LogP contribution is -1.89. The third kappa shape index (κ3) is 1.66. The van der Waals surface area contributed by atoms with Crippen LogP contribution in [0.1, 0.15) is 11.1 Å². The molecule has 0 atom stereocenters. The first-order chi connectivity index (χ1) is 9.26. The highest BCUT2D eigenvalue weighted by atomic mass is 35.5. The number of benzene rings is 3. The fourth-order valence-electron chi connectivity index (χ4n) is 2.46. The Kier molecular flexibility index (Phi) is 2.68. The van der Waals surface area contributed by atoms with Crippen molar-refractivity contribution in [2.45, 2.75) is 0 Å². The van der Waals surface area contributed by atoms with Gasteiger partial charge in [-0.25, -0.2) is 0 Å². The second-order valence-corrected chi connectivity index (χ2v) is 4.71. The van der Waals surface area contributed by atoms with Crippen LogP contribution in [0.3, 0.4) is 0 Å². The molecule has 1 heteroatoms. The van der Waals surface area contributed by atoms with Crippen LogP contribution < -0.4 is 0 Å². The lowest BCUT2D eigenvalue weighted by Gasteiger charge is -2.10. The van der Waals surface area contributed by atoms with E-state index in [2.05, 4.69) is 11.8 Å². The first-order valence-corrected chi connectivity index (χ1v) is 6.21. The molecule has 3 aromatic carbocycles. The molecule has 0 radical (unpaired) electrons. The van der Waals surface area contributed by atoms with Crippen LogP contribution in [-0.2, 0) is 0 Å². The molecule has 0 N–H and O–H groups in total. The number of hydrogen-bond acceptors (Lipinski definition) is 0. The van der Waals surface area contributed by atoms with E-state index < -0.39 is 0 Å². The molecule has 0 bridgehead atoms. The normalized spacial score (nSPS) is 10.3. The van der Waals surface area contributed by atoms with Gasteiger partial charge in [-0.3, -0.25) is 0 Å². The molecular weight excluding hydrogens is 252 g/mol. The second kappa shape index (κ2) is 4.36. The summed E-state index contributed by atoms with van der Waals surface area (Å²) in [5, 5.41) is 4.56. The van der Waals surface area contributed by atoms with Crippen molar-refractivity contribution >= 4 is 33.1 Å². The van der Waals surface area contributed by atoms with E-state index in [-0.39, 0.29) is 0 Å². The standard InChI is InChI=1S/C18H9Cl/c1-3-13-15-7-5-6-8-16(15)14(4-2)18-11-12(19)9-10-17(13)18/h1-2,5-11H. The minimum absolute atomic E-state index is 0.655. The van der Waals surface area contributed by atoms with Crippen molar-refractivity contribution in [3.63, 3.8) is 0 Å². The topological polar surface area (TPSA) is 0 Å². The van der Waals surface area contributed by atoms with Crippen molar-refractivity contribution in [3.05, 3.63) is 58.6 Å². The largest absolute Gasteiger partial charge is 0.115 e. The molecule has 0 spiro atoms. The van der Waals surface area contributed by atoms with Crippen molar-refractivity contribution in [2.24, 2.45) is 0 Å². The van der Waals surface area contributed by atoms with Crippen LogP contribution >= 0.6 is 11.6 Å². The molecule has 0 unspecified atom stereocenters. The van der Waals surface area contributed by atoms with Gasteiger partial charge in [0.2, 0.25) is 0 Å². The van der Waals surface area contributed by atoms with Crippen molar-refractivity contribution < 1.29 is 0 Å². The van der Waals surface area contributed by atoms with Gasteiger partial charge >= 0.3 is 0 Å². The van der Waals surface area contributed by atoms with E-state index in [1.54, 1.807) is 0 Å². The highest BCUT2D eigenvalue weighted by molar-refractivity contribution is 6.31. The molecule has 88 valence electrons. The Labute approximate surface area is 117 Å². The molecule has 0 fully saturated rings. The maximum Gasteiger partial charge on any atom is 0.0412 e. The Morgan fingerprint density at radius 3 is 1.84 bits per heavy atom. The molecule has 0 amide bonds. The molecular formula is C18H9Cl. The molecule has 0 aliphatic carbocycles. The maximum absolute atomic E-state index is 6.07. The predicted octanol–water partition coefficient (Wildman–Crippen LogP) is 4.61. The second-order valence-electron chi connectivity index (χ2n) is 4.27. The monoisotopic (exact) mass is 260 g/mol. The third-order valence-corrected chi connectivity index (χ3v) is 3.51. The zero-order valence-electron chi connectivity index (χ0n) is 10.1. The van der Waals surface area contributed by atoms with Crippen LogP contribution in [0.5, 0.6) is 0 Å². The van der Waals surface area contributed by atoms with E-state index in [0.29, 0.717) is 5.02 Å². The van der Waals surface area contributed by atoms with Gasteiger partial charge in [0, 0.05) is 21.5 Å². The predicted molar refractivity (Wildman–Crippen MR) is 82.3 cm³/mol. The molecule has 19 heavy (non-hydrogen) atoms. The highest BCUT2D eigenvalue weighted by Crippen LogP contribution is 2.33. The van der Waals surface area contributed by atoms with Gasteiger partial charge in [-0.05, 0) is 28.3 Å². The average Bonchev–Trinajstić information content (AvgIpc) is 2.44. The van der Waals surface area contributed by atoms with Crippen molar-refractivity contribution in [2.75, 3.05) is 0 Å². The molecule has 0 aliphatic heterocycles. The van der Waals surface area contributed by atoms with Crippen LogP contribution in [0.2, 0.25) is 5.02 Å². The van der Waals surface area contributed by atoms with E-state index in [9.17, 15) is 0 Å². The SMILES string of the molecule is C#Cc1c2ccccc2c(C#C)c2cc(Cl)ccc12. The molecule has 3 rings (SSSR count). The van der Waals surface area contributed by atoms with E-state index in [1.165, 1.54) is 0 Å². The Hall–Kier alpha value is -2.41. The van der Waals surface area contributed by atoms with Gasteiger partial charge in [-0.15, -0.1) is 12.8 Å². The van der Waals surface area contributed by atoms with Crippen LogP contribution in [0.15, 0.2) is 42.5 Å². The van der Waals surface area contributed by atoms with Gasteiger partial charge in [-0.2, -0.15) is 0 Å². The van der Waals surface area contributed by atoms with Crippen LogP contribution in [0.4, 0.5) is 0 Å². The Bertz CT molecular complexity index is 889. The minimum Gasteiger partial charge on any atom is -0.115 e. The quantitative estimate of drug-likeness (QED) is 0.409. The Balaban J connectivity index is 2.71. The van der Waals surface area contributed by atoms with Crippen LogP contribution in [0, 0.1) is 24.7 Å². The number of hydrogen-bond donors (Lipinski definition) is 0. The summed E-state index contributed by atoms with van der Waals surface area (Å²) in [6.07, 6.45) is 11.4. The van der Waals surface area contributed by atoms with E-state index in [0.717, 1.165) is 32.7 Å². The van der Waals surface area contributed by atoms with Gasteiger partial charge in [0.05, 0.1) is 0 Å². The summed E-state index contributed by atoms with van der Waals surface area (Å²) in [5.41, 5.74) is 1.70. The smallest absolute Gasteiger partial charge is 0.0412 e. The zero-order valence-corrected chi connectivity index (χ0v) is 10.8. The summed E-state index contributed by atoms with van der Waals surface area (Å²) in [6.45, 7) is 0. The van der Waals surface area contributed by atoms with E-state index in [1.807, 2.05) is 42.5 Å². The molecule has 3 aromatic rings. The van der Waals surface area contributed by atoms with Crippen molar-refractivity contribution in [3.8, 4) is 24.7 Å². The minimum atomic E-state index is 0.655. The fourth-order valence-corrected chi connectivity index (χ4v) is 2.63. The summed E-state index contributed by atoms with van der Waals surface area (Å²) < 4.78 is 0. The molecule has 0 saturated carbocycles. The van der Waals surface area contributed by atoms with E-state index >= 15 is 0 Å². The molecule has 0 aromatic heterocycles. The fraction of sp³-hybridized carbons (Fsp3) is 0. The number of rotatable bonds is 0. The van der Waals surface area contributed by atoms with Gasteiger partial charge in [-0.1, -0.05) is 53.8 Å². The van der Waals surface area contributed by atoms with Crippen molar-refractivity contribution in [1.29, 1.82) is 0 Å². The maximum atomic E-state index is 6.07. The van der Waals surface area contributed by atoms with Gasteiger partial charge in [0.15, 0.2) is 0 Å². The zero-order chi connectivity index (χ0) is 13.4. The summed E-state index contributed by atoms with van der Waals surface area (Å²) >= 11 is 6.07. The first-order valence-electron chi connectivity index (χ1n) is 5.83. The summed E-state index contributed by atoms with van der Waals surface area (Å²) in [4.78, 5) is 0. The van der Waals surface area contributed by atoms with Gasteiger partial charge < -0.3 is 0 Å². The lowest BCUT2D eigenvalue weighted by molar-refractivity contribution is 1.71. The summed E-state index contributed by atoms with van der Waals surface area (Å²) in [5.74, 6) is 5.54. The van der Waals surface area contributed by atoms with Crippen LogP contribution in [0.25, 0.3) is 21.5 Å².